The Bertz CT molecular complexity index is 753. The number of benzene rings is 1. The molecule has 1 aromatic heterocycles. The number of hydrogen-bond acceptors (Lipinski definition) is 3. The van der Waals surface area contributed by atoms with Crippen molar-refractivity contribution in [3.63, 3.8) is 0 Å². The Hall–Kier alpha value is -1.62. The van der Waals surface area contributed by atoms with Crippen molar-refractivity contribution in [3.05, 3.63) is 44.7 Å². The van der Waals surface area contributed by atoms with Crippen molar-refractivity contribution in [1.82, 2.24) is 4.90 Å². The summed E-state index contributed by atoms with van der Waals surface area (Å²) in [6, 6.07) is 7.00. The van der Waals surface area contributed by atoms with Crippen LogP contribution in [0.5, 0.6) is 0 Å². The molecule has 1 aromatic carbocycles. The molecule has 1 amide bonds. The molecule has 0 N–H and O–H groups in total. The second-order valence-corrected chi connectivity index (χ2v) is 6.54. The highest BCUT2D eigenvalue weighted by molar-refractivity contribution is 9.10. The highest BCUT2D eigenvalue weighted by Gasteiger charge is 2.24. The summed E-state index contributed by atoms with van der Waals surface area (Å²) in [6.07, 6.45) is 2.11. The Morgan fingerprint density at radius 2 is 2.19 bits per heavy atom. The smallest absolute Gasteiger partial charge is 0.349 e. The van der Waals surface area contributed by atoms with Gasteiger partial charge >= 0.3 is 5.63 Å². The van der Waals surface area contributed by atoms with Gasteiger partial charge in [-0.1, -0.05) is 22.9 Å². The van der Waals surface area contributed by atoms with E-state index in [0.717, 1.165) is 22.7 Å². The Kier molecular flexibility index (Phi) is 3.85. The van der Waals surface area contributed by atoms with Crippen LogP contribution in [0.15, 0.2) is 37.9 Å². The van der Waals surface area contributed by atoms with E-state index in [2.05, 4.69) is 22.9 Å². The van der Waals surface area contributed by atoms with Gasteiger partial charge in [-0.2, -0.15) is 0 Å². The first-order valence-corrected chi connectivity index (χ1v) is 7.86. The number of hydrogen-bond donors (Lipinski definition) is 0. The molecule has 0 unspecified atom stereocenters. The van der Waals surface area contributed by atoms with Crippen LogP contribution in [0.25, 0.3) is 11.0 Å². The zero-order valence-corrected chi connectivity index (χ0v) is 13.4. The van der Waals surface area contributed by atoms with Gasteiger partial charge in [-0.05, 0) is 43.0 Å². The van der Waals surface area contributed by atoms with E-state index in [9.17, 15) is 9.59 Å². The van der Waals surface area contributed by atoms with Crippen LogP contribution in [0.1, 0.15) is 30.1 Å². The van der Waals surface area contributed by atoms with Crippen LogP contribution in [0.4, 0.5) is 0 Å². The van der Waals surface area contributed by atoms with E-state index in [1.54, 1.807) is 23.1 Å². The fourth-order valence-corrected chi connectivity index (χ4v) is 3.17. The second-order valence-electron chi connectivity index (χ2n) is 5.63. The molecule has 1 aliphatic rings. The monoisotopic (exact) mass is 349 g/mol. The molecule has 2 heterocycles. The molecule has 1 aliphatic heterocycles. The molecule has 110 valence electrons. The maximum atomic E-state index is 12.5. The van der Waals surface area contributed by atoms with Crippen molar-refractivity contribution in [2.24, 2.45) is 5.92 Å². The van der Waals surface area contributed by atoms with E-state index < -0.39 is 5.63 Å². The molecule has 1 fully saturated rings. The number of halogens is 1. The molecule has 0 radical (unpaired) electrons. The molecule has 0 spiro atoms. The molecule has 21 heavy (non-hydrogen) atoms. The maximum Gasteiger partial charge on any atom is 0.349 e. The third-order valence-electron chi connectivity index (χ3n) is 3.87. The van der Waals surface area contributed by atoms with Gasteiger partial charge in [-0.25, -0.2) is 4.79 Å². The summed E-state index contributed by atoms with van der Waals surface area (Å²) in [7, 11) is 0. The van der Waals surface area contributed by atoms with E-state index in [4.69, 9.17) is 4.42 Å². The quantitative estimate of drug-likeness (QED) is 0.741. The van der Waals surface area contributed by atoms with Gasteiger partial charge in [0.1, 0.15) is 11.1 Å². The maximum absolute atomic E-state index is 12.5. The van der Waals surface area contributed by atoms with Crippen molar-refractivity contribution >= 4 is 32.8 Å². The number of rotatable bonds is 1. The van der Waals surface area contributed by atoms with Crippen LogP contribution in [0, 0.1) is 5.92 Å². The topological polar surface area (TPSA) is 50.5 Å². The van der Waals surface area contributed by atoms with Crippen LogP contribution in [0.3, 0.4) is 0 Å². The second kappa shape index (κ2) is 5.64. The predicted octanol–water partition coefficient (Wildman–Crippen LogP) is 3.43. The molecule has 0 bridgehead atoms. The van der Waals surface area contributed by atoms with Gasteiger partial charge < -0.3 is 9.32 Å². The van der Waals surface area contributed by atoms with Crippen molar-refractivity contribution in [2.45, 2.75) is 19.8 Å². The van der Waals surface area contributed by atoms with Crippen molar-refractivity contribution in [1.29, 1.82) is 0 Å². The highest BCUT2D eigenvalue weighted by Crippen LogP contribution is 2.21. The van der Waals surface area contributed by atoms with Crippen LogP contribution in [0.2, 0.25) is 0 Å². The van der Waals surface area contributed by atoms with Gasteiger partial charge in [-0.3, -0.25) is 4.79 Å². The van der Waals surface area contributed by atoms with Crippen LogP contribution in [-0.4, -0.2) is 23.9 Å². The summed E-state index contributed by atoms with van der Waals surface area (Å²) >= 11 is 3.38. The molecule has 3 rings (SSSR count). The highest BCUT2D eigenvalue weighted by atomic mass is 79.9. The summed E-state index contributed by atoms with van der Waals surface area (Å²) in [6.45, 7) is 3.54. The standard InChI is InChI=1S/C16H16BrNO3/c1-10-3-2-6-18(9-10)15(19)13-8-11-7-12(17)4-5-14(11)21-16(13)20/h4-5,7-8,10H,2-3,6,9H2,1H3/t10-/m1/s1. The molecule has 0 aliphatic carbocycles. The number of nitrogens with zero attached hydrogens (tertiary/aromatic N) is 1. The van der Waals surface area contributed by atoms with Crippen molar-refractivity contribution < 1.29 is 9.21 Å². The lowest BCUT2D eigenvalue weighted by Crippen LogP contribution is -2.40. The largest absolute Gasteiger partial charge is 0.422 e. The van der Waals surface area contributed by atoms with Crippen LogP contribution >= 0.6 is 15.9 Å². The summed E-state index contributed by atoms with van der Waals surface area (Å²) in [5.41, 5.74) is 0.0505. The van der Waals surface area contributed by atoms with Gasteiger partial charge in [-0.15, -0.1) is 0 Å². The Labute approximate surface area is 130 Å². The van der Waals surface area contributed by atoms with Gasteiger partial charge in [0.25, 0.3) is 5.91 Å². The molecule has 0 saturated carbocycles. The van der Waals surface area contributed by atoms with Crippen LogP contribution < -0.4 is 5.63 Å². The number of piperidine rings is 1. The third kappa shape index (κ3) is 2.88. The SMILES string of the molecule is C[C@@H]1CCCN(C(=O)c2cc3cc(Br)ccc3oc2=O)C1. The van der Waals surface area contributed by atoms with Crippen molar-refractivity contribution in [3.8, 4) is 0 Å². The third-order valence-corrected chi connectivity index (χ3v) is 4.36. The fraction of sp³-hybridized carbons (Fsp3) is 0.375. The first-order chi connectivity index (χ1) is 10.0. The minimum atomic E-state index is -0.562. The molecule has 4 nitrogen and oxygen atoms in total. The van der Waals surface area contributed by atoms with Crippen LogP contribution in [-0.2, 0) is 0 Å². The lowest BCUT2D eigenvalue weighted by Gasteiger charge is -2.30. The lowest BCUT2D eigenvalue weighted by atomic mass is 9.99. The van der Waals surface area contributed by atoms with Gasteiger partial charge in [0.15, 0.2) is 0 Å². The van der Waals surface area contributed by atoms with Gasteiger partial charge in [0, 0.05) is 22.9 Å². The van der Waals surface area contributed by atoms with Crippen molar-refractivity contribution in [2.75, 3.05) is 13.1 Å². The molecular formula is C16H16BrNO3. The molecular weight excluding hydrogens is 334 g/mol. The number of fused-ring (bicyclic) bond motifs is 1. The lowest BCUT2D eigenvalue weighted by molar-refractivity contribution is 0.0679. The first kappa shape index (κ1) is 14.3. The number of carbonyl (C=O) groups excluding carboxylic acids is 1. The summed E-state index contributed by atoms with van der Waals surface area (Å²) < 4.78 is 6.15. The summed E-state index contributed by atoms with van der Waals surface area (Å²) in [5.74, 6) is 0.251. The number of amides is 1. The Balaban J connectivity index is 2.01. The average Bonchev–Trinajstić information content (AvgIpc) is 2.46. The summed E-state index contributed by atoms with van der Waals surface area (Å²) in [5, 5.41) is 0.748. The fourth-order valence-electron chi connectivity index (χ4n) is 2.79. The predicted molar refractivity (Wildman–Crippen MR) is 84.5 cm³/mol. The first-order valence-electron chi connectivity index (χ1n) is 7.07. The zero-order chi connectivity index (χ0) is 15.0. The molecule has 2 aromatic rings. The Morgan fingerprint density at radius 1 is 1.38 bits per heavy atom. The van der Waals surface area contributed by atoms with E-state index in [0.29, 0.717) is 24.6 Å². The normalized spacial score (nSPS) is 19.0. The van der Waals surface area contributed by atoms with E-state index in [-0.39, 0.29) is 11.5 Å². The number of carbonyl (C=O) groups is 1. The molecule has 5 heteroatoms. The summed E-state index contributed by atoms with van der Waals surface area (Å²) in [4.78, 5) is 26.4. The van der Waals surface area contributed by atoms with E-state index in [1.807, 2.05) is 6.07 Å². The van der Waals surface area contributed by atoms with Gasteiger partial charge in [0.05, 0.1) is 0 Å². The molecule has 1 atom stereocenters. The van der Waals surface area contributed by atoms with Gasteiger partial charge in [0.2, 0.25) is 0 Å². The minimum Gasteiger partial charge on any atom is -0.422 e. The van der Waals surface area contributed by atoms with E-state index in [1.165, 1.54) is 0 Å². The average molecular weight is 350 g/mol. The Morgan fingerprint density at radius 3 is 2.95 bits per heavy atom. The molecule has 1 saturated heterocycles. The number of likely N-dealkylation sites (tertiary alicyclic amines) is 1. The minimum absolute atomic E-state index is 0.120. The van der Waals surface area contributed by atoms with E-state index >= 15 is 0 Å². The zero-order valence-electron chi connectivity index (χ0n) is 11.8.